The highest BCUT2D eigenvalue weighted by atomic mass is 19.1. The molecule has 3 aromatic rings. The predicted molar refractivity (Wildman–Crippen MR) is 105 cm³/mol. The molecule has 29 heavy (non-hydrogen) atoms. The fourth-order valence-electron chi connectivity index (χ4n) is 3.24. The van der Waals surface area contributed by atoms with Crippen molar-refractivity contribution in [3.63, 3.8) is 0 Å². The lowest BCUT2D eigenvalue weighted by Crippen LogP contribution is -2.39. The molecule has 2 heterocycles. The van der Waals surface area contributed by atoms with E-state index in [2.05, 4.69) is 5.32 Å². The zero-order valence-corrected chi connectivity index (χ0v) is 15.7. The van der Waals surface area contributed by atoms with Crippen molar-refractivity contribution in [1.29, 1.82) is 0 Å². The number of hydrogen-bond donors (Lipinski definition) is 1. The number of aromatic nitrogens is 1. The van der Waals surface area contributed by atoms with Crippen LogP contribution in [0.1, 0.15) is 15.9 Å². The standard InChI is InChI=1S/C22H20FN3O3/c23-18-5-8-20-17(13-18)14-26(21(27)15-29-20)12-9-24-22(28)16-3-6-19(7-4-16)25-10-1-2-11-25/h1-8,10-11,13H,9,12,14-15H2,(H,24,28). The van der Waals surface area contributed by atoms with Crippen molar-refractivity contribution in [3.8, 4) is 11.4 Å². The van der Waals surface area contributed by atoms with Gasteiger partial charge in [-0.2, -0.15) is 0 Å². The van der Waals surface area contributed by atoms with Crippen molar-refractivity contribution in [2.75, 3.05) is 19.7 Å². The zero-order chi connectivity index (χ0) is 20.2. The molecule has 1 aromatic heterocycles. The lowest BCUT2D eigenvalue weighted by Gasteiger charge is -2.20. The first-order valence-corrected chi connectivity index (χ1v) is 9.31. The summed E-state index contributed by atoms with van der Waals surface area (Å²) in [4.78, 5) is 26.2. The Kier molecular flexibility index (Phi) is 5.29. The quantitative estimate of drug-likeness (QED) is 0.725. The smallest absolute Gasteiger partial charge is 0.260 e. The number of rotatable bonds is 5. The number of fused-ring (bicyclic) bond motifs is 1. The van der Waals surface area contributed by atoms with Gasteiger partial charge in [-0.1, -0.05) is 0 Å². The number of nitrogens with zero attached hydrogens (tertiary/aromatic N) is 2. The minimum absolute atomic E-state index is 0.104. The largest absolute Gasteiger partial charge is 0.483 e. The minimum Gasteiger partial charge on any atom is -0.483 e. The van der Waals surface area contributed by atoms with Gasteiger partial charge < -0.3 is 19.5 Å². The summed E-state index contributed by atoms with van der Waals surface area (Å²) in [5.74, 6) is -0.284. The van der Waals surface area contributed by atoms with Crippen LogP contribution in [-0.2, 0) is 11.3 Å². The van der Waals surface area contributed by atoms with Gasteiger partial charge in [0.1, 0.15) is 11.6 Å². The van der Waals surface area contributed by atoms with Crippen molar-refractivity contribution in [3.05, 3.63) is 83.9 Å². The molecule has 0 unspecified atom stereocenters. The van der Waals surface area contributed by atoms with E-state index in [1.54, 1.807) is 17.0 Å². The Morgan fingerprint density at radius 1 is 1.10 bits per heavy atom. The summed E-state index contributed by atoms with van der Waals surface area (Å²) in [5, 5.41) is 2.82. The Bertz CT molecular complexity index is 1020. The van der Waals surface area contributed by atoms with Crippen LogP contribution in [0.4, 0.5) is 4.39 Å². The van der Waals surface area contributed by atoms with E-state index in [1.165, 1.54) is 18.2 Å². The molecule has 0 atom stereocenters. The molecule has 2 amide bonds. The molecular formula is C22H20FN3O3. The maximum absolute atomic E-state index is 13.5. The first kappa shape index (κ1) is 18.7. The molecule has 1 aliphatic rings. The normalized spacial score (nSPS) is 13.4. The number of benzene rings is 2. The lowest BCUT2D eigenvalue weighted by atomic mass is 10.2. The molecule has 0 saturated carbocycles. The predicted octanol–water partition coefficient (Wildman–Crippen LogP) is 2.77. The van der Waals surface area contributed by atoms with Crippen LogP contribution in [0.15, 0.2) is 67.0 Å². The molecule has 6 nitrogen and oxygen atoms in total. The van der Waals surface area contributed by atoms with E-state index < -0.39 is 0 Å². The van der Waals surface area contributed by atoms with E-state index in [1.807, 2.05) is 41.2 Å². The van der Waals surface area contributed by atoms with Gasteiger partial charge in [-0.05, 0) is 54.6 Å². The van der Waals surface area contributed by atoms with Crippen LogP contribution in [0.2, 0.25) is 0 Å². The molecular weight excluding hydrogens is 373 g/mol. The van der Waals surface area contributed by atoms with Gasteiger partial charge in [0, 0.05) is 48.8 Å². The van der Waals surface area contributed by atoms with Crippen LogP contribution in [0.3, 0.4) is 0 Å². The van der Waals surface area contributed by atoms with Gasteiger partial charge in [0.15, 0.2) is 6.61 Å². The molecule has 0 radical (unpaired) electrons. The second-order valence-electron chi connectivity index (χ2n) is 6.75. The van der Waals surface area contributed by atoms with Crippen molar-refractivity contribution in [1.82, 2.24) is 14.8 Å². The number of carbonyl (C=O) groups is 2. The molecule has 7 heteroatoms. The lowest BCUT2D eigenvalue weighted by molar-refractivity contribution is -0.133. The molecule has 2 aromatic carbocycles. The van der Waals surface area contributed by atoms with Crippen LogP contribution in [-0.4, -0.2) is 41.0 Å². The SMILES string of the molecule is O=C(NCCN1Cc2cc(F)ccc2OCC1=O)c1ccc(-n2cccc2)cc1. The highest BCUT2D eigenvalue weighted by Crippen LogP contribution is 2.24. The molecule has 0 saturated heterocycles. The van der Waals surface area contributed by atoms with Crippen molar-refractivity contribution in [2.24, 2.45) is 0 Å². The van der Waals surface area contributed by atoms with Gasteiger partial charge in [0.2, 0.25) is 0 Å². The number of halogens is 1. The Morgan fingerprint density at radius 3 is 2.62 bits per heavy atom. The third-order valence-corrected chi connectivity index (χ3v) is 4.79. The Hall–Kier alpha value is -3.61. The monoisotopic (exact) mass is 393 g/mol. The van der Waals surface area contributed by atoms with Crippen LogP contribution < -0.4 is 10.1 Å². The average Bonchev–Trinajstić information content (AvgIpc) is 3.22. The van der Waals surface area contributed by atoms with Crippen molar-refractivity contribution < 1.29 is 18.7 Å². The molecule has 0 spiro atoms. The summed E-state index contributed by atoms with van der Waals surface area (Å²) in [6, 6.07) is 15.3. The van der Waals surface area contributed by atoms with Crippen LogP contribution >= 0.6 is 0 Å². The third kappa shape index (κ3) is 4.29. The van der Waals surface area contributed by atoms with Crippen LogP contribution in [0.5, 0.6) is 5.75 Å². The summed E-state index contributed by atoms with van der Waals surface area (Å²) >= 11 is 0. The highest BCUT2D eigenvalue weighted by Gasteiger charge is 2.21. The van der Waals surface area contributed by atoms with Gasteiger partial charge >= 0.3 is 0 Å². The number of nitrogens with one attached hydrogen (secondary N) is 1. The molecule has 0 fully saturated rings. The average molecular weight is 393 g/mol. The fourth-order valence-corrected chi connectivity index (χ4v) is 3.24. The molecule has 0 bridgehead atoms. The Morgan fingerprint density at radius 2 is 1.86 bits per heavy atom. The van der Waals surface area contributed by atoms with Crippen LogP contribution in [0.25, 0.3) is 5.69 Å². The van der Waals surface area contributed by atoms with Gasteiger partial charge in [0.25, 0.3) is 11.8 Å². The second kappa shape index (κ2) is 8.18. The number of ether oxygens (including phenoxy) is 1. The van der Waals surface area contributed by atoms with Crippen molar-refractivity contribution in [2.45, 2.75) is 6.54 Å². The fraction of sp³-hybridized carbons (Fsp3) is 0.182. The zero-order valence-electron chi connectivity index (χ0n) is 15.7. The van der Waals surface area contributed by atoms with Crippen molar-refractivity contribution >= 4 is 11.8 Å². The molecule has 0 aliphatic carbocycles. The second-order valence-corrected chi connectivity index (χ2v) is 6.75. The molecule has 4 rings (SSSR count). The van der Waals surface area contributed by atoms with E-state index in [9.17, 15) is 14.0 Å². The first-order chi connectivity index (χ1) is 14.1. The third-order valence-electron chi connectivity index (χ3n) is 4.79. The Balaban J connectivity index is 1.34. The molecule has 1 aliphatic heterocycles. The maximum Gasteiger partial charge on any atom is 0.260 e. The van der Waals surface area contributed by atoms with E-state index in [4.69, 9.17) is 4.74 Å². The molecule has 1 N–H and O–H groups in total. The number of carbonyl (C=O) groups excluding carboxylic acids is 2. The number of hydrogen-bond acceptors (Lipinski definition) is 3. The van der Waals surface area contributed by atoms with Crippen LogP contribution in [0, 0.1) is 5.82 Å². The first-order valence-electron chi connectivity index (χ1n) is 9.31. The van der Waals surface area contributed by atoms with E-state index >= 15 is 0 Å². The Labute approximate surface area is 167 Å². The maximum atomic E-state index is 13.5. The van der Waals surface area contributed by atoms with Gasteiger partial charge in [0.05, 0.1) is 0 Å². The molecule has 148 valence electrons. The topological polar surface area (TPSA) is 63.6 Å². The number of amides is 2. The van der Waals surface area contributed by atoms with E-state index in [0.29, 0.717) is 23.4 Å². The summed E-state index contributed by atoms with van der Waals surface area (Å²) in [7, 11) is 0. The summed E-state index contributed by atoms with van der Waals surface area (Å²) < 4.78 is 20.9. The van der Waals surface area contributed by atoms with Gasteiger partial charge in [-0.3, -0.25) is 9.59 Å². The summed E-state index contributed by atoms with van der Waals surface area (Å²) in [6.07, 6.45) is 3.86. The summed E-state index contributed by atoms with van der Waals surface area (Å²) in [5.41, 5.74) is 2.12. The summed E-state index contributed by atoms with van der Waals surface area (Å²) in [6.45, 7) is 0.737. The van der Waals surface area contributed by atoms with E-state index in [0.717, 1.165) is 5.69 Å². The van der Waals surface area contributed by atoms with Gasteiger partial charge in [-0.15, -0.1) is 0 Å². The minimum atomic E-state index is -0.377. The van der Waals surface area contributed by atoms with E-state index in [-0.39, 0.29) is 37.3 Å². The van der Waals surface area contributed by atoms with Gasteiger partial charge in [-0.25, -0.2) is 4.39 Å². The highest BCUT2D eigenvalue weighted by molar-refractivity contribution is 5.94.